The third kappa shape index (κ3) is 3.30. The SMILES string of the molecule is Cc1cc(C(=O)N(C2CC2)C(C)c2ccccn2)c2nc3n(c2n1)CCCCC3. The minimum absolute atomic E-state index is 0.0504. The third-order valence-corrected chi connectivity index (χ3v) is 6.13. The minimum atomic E-state index is -0.0693. The van der Waals surface area contributed by atoms with E-state index in [1.165, 1.54) is 6.42 Å². The Morgan fingerprint density at radius 1 is 1.21 bits per heavy atom. The van der Waals surface area contributed by atoms with Crippen LogP contribution in [0.3, 0.4) is 0 Å². The monoisotopic (exact) mass is 389 g/mol. The van der Waals surface area contributed by atoms with Crippen LogP contribution in [-0.2, 0) is 13.0 Å². The first-order chi connectivity index (χ1) is 14.1. The molecule has 3 aromatic rings. The number of carbonyl (C=O) groups is 1. The van der Waals surface area contributed by atoms with E-state index in [-0.39, 0.29) is 18.0 Å². The second kappa shape index (κ2) is 7.25. The van der Waals surface area contributed by atoms with Gasteiger partial charge in [-0.3, -0.25) is 9.78 Å². The fourth-order valence-corrected chi connectivity index (χ4v) is 4.49. The lowest BCUT2D eigenvalue weighted by Gasteiger charge is -2.29. The van der Waals surface area contributed by atoms with Gasteiger partial charge < -0.3 is 9.47 Å². The maximum atomic E-state index is 13.8. The molecule has 0 aromatic carbocycles. The molecule has 5 rings (SSSR count). The Labute approximate surface area is 171 Å². The second-order valence-electron chi connectivity index (χ2n) is 8.35. The van der Waals surface area contributed by atoms with E-state index in [2.05, 4.69) is 16.5 Å². The lowest BCUT2D eigenvalue weighted by atomic mass is 10.1. The van der Waals surface area contributed by atoms with Gasteiger partial charge in [0.25, 0.3) is 5.91 Å². The van der Waals surface area contributed by atoms with Crippen molar-refractivity contribution in [1.82, 2.24) is 24.4 Å². The molecule has 1 unspecified atom stereocenters. The van der Waals surface area contributed by atoms with Crippen LogP contribution in [-0.4, -0.2) is 36.4 Å². The van der Waals surface area contributed by atoms with Crippen LogP contribution in [0.4, 0.5) is 0 Å². The average molecular weight is 390 g/mol. The standard InChI is InChI=1S/C23H27N5O/c1-15-14-18(21-22(25-15)27-13-7-3-4-9-20(27)26-21)23(29)28(17-10-11-17)16(2)19-8-5-6-12-24-19/h5-6,8,12,14,16-17H,3-4,7,9-11,13H2,1-2H3. The summed E-state index contributed by atoms with van der Waals surface area (Å²) in [7, 11) is 0. The quantitative estimate of drug-likeness (QED) is 0.670. The van der Waals surface area contributed by atoms with E-state index in [0.717, 1.165) is 67.0 Å². The van der Waals surface area contributed by atoms with Crippen molar-refractivity contribution in [2.45, 2.75) is 71.0 Å². The molecule has 6 nitrogen and oxygen atoms in total. The Balaban J connectivity index is 1.59. The molecular weight excluding hydrogens is 362 g/mol. The van der Waals surface area contributed by atoms with Crippen molar-refractivity contribution in [3.8, 4) is 0 Å². The van der Waals surface area contributed by atoms with Crippen LogP contribution < -0.4 is 0 Å². The fraction of sp³-hybridized carbons (Fsp3) is 0.478. The van der Waals surface area contributed by atoms with Gasteiger partial charge in [0.2, 0.25) is 0 Å². The highest BCUT2D eigenvalue weighted by Gasteiger charge is 2.38. The molecule has 0 N–H and O–H groups in total. The largest absolute Gasteiger partial charge is 0.327 e. The second-order valence-corrected chi connectivity index (χ2v) is 8.35. The topological polar surface area (TPSA) is 63.9 Å². The van der Waals surface area contributed by atoms with Gasteiger partial charge in [-0.1, -0.05) is 12.5 Å². The van der Waals surface area contributed by atoms with Gasteiger partial charge in [0.1, 0.15) is 11.3 Å². The van der Waals surface area contributed by atoms with Gasteiger partial charge >= 0.3 is 0 Å². The number of pyridine rings is 2. The summed E-state index contributed by atoms with van der Waals surface area (Å²) in [5.41, 5.74) is 4.11. The average Bonchev–Trinajstić information content (AvgIpc) is 3.54. The first-order valence-corrected chi connectivity index (χ1v) is 10.7. The van der Waals surface area contributed by atoms with Crippen molar-refractivity contribution in [2.24, 2.45) is 0 Å². The molecule has 29 heavy (non-hydrogen) atoms. The summed E-state index contributed by atoms with van der Waals surface area (Å²) in [4.78, 5) is 30.0. The molecule has 3 aromatic heterocycles. The van der Waals surface area contributed by atoms with Crippen molar-refractivity contribution >= 4 is 17.1 Å². The number of imidazole rings is 1. The van der Waals surface area contributed by atoms with Gasteiger partial charge in [0.15, 0.2) is 5.65 Å². The summed E-state index contributed by atoms with van der Waals surface area (Å²) in [6, 6.07) is 8.02. The van der Waals surface area contributed by atoms with Crippen molar-refractivity contribution in [1.29, 1.82) is 0 Å². The number of aromatic nitrogens is 4. The van der Waals surface area contributed by atoms with Crippen LogP contribution in [0.2, 0.25) is 0 Å². The Hall–Kier alpha value is -2.76. The molecule has 0 radical (unpaired) electrons. The molecule has 0 saturated heterocycles. The van der Waals surface area contributed by atoms with Gasteiger partial charge in [0, 0.05) is 30.9 Å². The zero-order chi connectivity index (χ0) is 20.0. The predicted octanol–water partition coefficient (Wildman–Crippen LogP) is 4.23. The maximum absolute atomic E-state index is 13.8. The minimum Gasteiger partial charge on any atom is -0.327 e. The van der Waals surface area contributed by atoms with Crippen molar-refractivity contribution in [3.63, 3.8) is 0 Å². The van der Waals surface area contributed by atoms with Crippen molar-refractivity contribution < 1.29 is 4.79 Å². The molecule has 1 fully saturated rings. The van der Waals surface area contributed by atoms with Crippen molar-refractivity contribution in [2.75, 3.05) is 0 Å². The molecule has 1 amide bonds. The molecule has 1 atom stereocenters. The van der Waals surface area contributed by atoms with E-state index in [1.54, 1.807) is 6.20 Å². The Morgan fingerprint density at radius 3 is 2.83 bits per heavy atom. The third-order valence-electron chi connectivity index (χ3n) is 6.13. The molecule has 1 saturated carbocycles. The molecule has 2 aliphatic rings. The van der Waals surface area contributed by atoms with E-state index in [0.29, 0.717) is 5.56 Å². The molecule has 4 heterocycles. The van der Waals surface area contributed by atoms with Crippen molar-refractivity contribution in [3.05, 3.63) is 53.2 Å². The number of rotatable bonds is 4. The molecule has 150 valence electrons. The first-order valence-electron chi connectivity index (χ1n) is 10.7. The number of hydrogen-bond donors (Lipinski definition) is 0. The summed E-state index contributed by atoms with van der Waals surface area (Å²) in [5.74, 6) is 1.12. The number of nitrogens with zero attached hydrogens (tertiary/aromatic N) is 5. The number of aryl methyl sites for hydroxylation is 3. The summed E-state index contributed by atoms with van der Waals surface area (Å²) in [6.07, 6.45) is 8.37. The number of amides is 1. The lowest BCUT2D eigenvalue weighted by molar-refractivity contribution is 0.0672. The van der Waals surface area contributed by atoms with E-state index < -0.39 is 0 Å². The Kier molecular flexibility index (Phi) is 4.57. The highest BCUT2D eigenvalue weighted by Crippen LogP contribution is 2.36. The number of fused-ring (bicyclic) bond motifs is 3. The molecule has 1 aliphatic heterocycles. The lowest BCUT2D eigenvalue weighted by Crippen LogP contribution is -2.36. The van der Waals surface area contributed by atoms with Crippen LogP contribution in [0.5, 0.6) is 0 Å². The smallest absolute Gasteiger partial charge is 0.257 e. The fourth-order valence-electron chi connectivity index (χ4n) is 4.49. The molecule has 1 aliphatic carbocycles. The summed E-state index contributed by atoms with van der Waals surface area (Å²) in [6.45, 7) is 4.98. The van der Waals surface area contributed by atoms with E-state index in [4.69, 9.17) is 9.97 Å². The van der Waals surface area contributed by atoms with E-state index >= 15 is 0 Å². The van der Waals surface area contributed by atoms with Gasteiger partial charge in [-0.05, 0) is 57.7 Å². The molecule has 0 spiro atoms. The van der Waals surface area contributed by atoms with Gasteiger partial charge in [-0.25, -0.2) is 9.97 Å². The summed E-state index contributed by atoms with van der Waals surface area (Å²) >= 11 is 0. The normalized spacial score (nSPS) is 17.6. The summed E-state index contributed by atoms with van der Waals surface area (Å²) < 4.78 is 2.23. The Morgan fingerprint density at radius 2 is 2.07 bits per heavy atom. The zero-order valence-electron chi connectivity index (χ0n) is 17.1. The predicted molar refractivity (Wildman–Crippen MR) is 112 cm³/mol. The van der Waals surface area contributed by atoms with Gasteiger partial charge in [-0.15, -0.1) is 0 Å². The number of hydrogen-bond acceptors (Lipinski definition) is 4. The molecule has 6 heteroatoms. The molecule has 0 bridgehead atoms. The first kappa shape index (κ1) is 18.3. The van der Waals surface area contributed by atoms with Crippen LogP contribution in [0.15, 0.2) is 30.5 Å². The van der Waals surface area contributed by atoms with Crippen LogP contribution in [0, 0.1) is 6.92 Å². The highest BCUT2D eigenvalue weighted by atomic mass is 16.2. The number of carbonyl (C=O) groups excluding carboxylic acids is 1. The zero-order valence-corrected chi connectivity index (χ0v) is 17.1. The molecular formula is C23H27N5O. The van der Waals surface area contributed by atoms with E-state index in [1.807, 2.05) is 36.1 Å². The van der Waals surface area contributed by atoms with Gasteiger partial charge in [0.05, 0.1) is 17.3 Å². The Bertz CT molecular complexity index is 1050. The van der Waals surface area contributed by atoms with Gasteiger partial charge in [-0.2, -0.15) is 0 Å². The summed E-state index contributed by atoms with van der Waals surface area (Å²) in [5, 5.41) is 0. The van der Waals surface area contributed by atoms with E-state index in [9.17, 15) is 4.79 Å². The van der Waals surface area contributed by atoms with Crippen LogP contribution in [0.1, 0.15) is 72.6 Å². The maximum Gasteiger partial charge on any atom is 0.257 e. The van der Waals surface area contributed by atoms with Crippen LogP contribution >= 0.6 is 0 Å². The van der Waals surface area contributed by atoms with Crippen LogP contribution in [0.25, 0.3) is 11.2 Å². The highest BCUT2D eigenvalue weighted by molar-refractivity contribution is 6.04.